The molecule has 2 aromatic heterocycles. The number of hydrogen-bond acceptors (Lipinski definition) is 7. The van der Waals surface area contributed by atoms with E-state index >= 15 is 0 Å². The molecule has 2 fully saturated rings. The molecule has 2 aliphatic heterocycles. The minimum Gasteiger partial charge on any atom is -0.381 e. The third kappa shape index (κ3) is 6.59. The second kappa shape index (κ2) is 11.2. The monoisotopic (exact) mass is 472 g/mol. The van der Waals surface area contributed by atoms with Gasteiger partial charge in [-0.05, 0) is 50.3 Å². The van der Waals surface area contributed by atoms with Crippen LogP contribution in [-0.2, 0) is 32.1 Å². The molecular weight excluding hydrogens is 440 g/mol. The maximum absolute atomic E-state index is 13.2. The van der Waals surface area contributed by atoms with E-state index in [4.69, 9.17) is 9.47 Å². The molecular formula is C24H32N4O4S. The molecule has 9 heteroatoms. The lowest BCUT2D eigenvalue weighted by Crippen LogP contribution is -2.42. The van der Waals surface area contributed by atoms with Gasteiger partial charge in [0.25, 0.3) is 0 Å². The van der Waals surface area contributed by atoms with Gasteiger partial charge < -0.3 is 19.3 Å². The zero-order valence-corrected chi connectivity index (χ0v) is 20.2. The third-order valence-corrected chi connectivity index (χ3v) is 7.32. The molecule has 0 aliphatic carbocycles. The number of rotatable bonds is 7. The molecule has 0 bridgehead atoms. The van der Waals surface area contributed by atoms with Crippen LogP contribution in [0.4, 0.5) is 0 Å². The largest absolute Gasteiger partial charge is 0.381 e. The van der Waals surface area contributed by atoms with E-state index < -0.39 is 0 Å². The van der Waals surface area contributed by atoms with Crippen LogP contribution in [0.25, 0.3) is 0 Å². The highest BCUT2D eigenvalue weighted by Crippen LogP contribution is 2.21. The van der Waals surface area contributed by atoms with E-state index in [9.17, 15) is 9.59 Å². The molecule has 4 heterocycles. The molecule has 33 heavy (non-hydrogen) atoms. The Bertz CT molecular complexity index is 945. The van der Waals surface area contributed by atoms with Crippen LogP contribution in [0.15, 0.2) is 24.5 Å². The first kappa shape index (κ1) is 23.8. The predicted molar refractivity (Wildman–Crippen MR) is 125 cm³/mol. The molecule has 178 valence electrons. The molecule has 2 aliphatic rings. The number of aromatic nitrogens is 2. The van der Waals surface area contributed by atoms with Gasteiger partial charge in [0, 0.05) is 50.1 Å². The molecule has 0 spiro atoms. The summed E-state index contributed by atoms with van der Waals surface area (Å²) < 4.78 is 11.7. The average molecular weight is 473 g/mol. The van der Waals surface area contributed by atoms with Gasteiger partial charge in [-0.15, -0.1) is 11.3 Å². The summed E-state index contributed by atoms with van der Waals surface area (Å²) in [4.78, 5) is 39.4. The van der Waals surface area contributed by atoms with Gasteiger partial charge in [0.15, 0.2) is 0 Å². The molecule has 0 N–H and O–H groups in total. The molecule has 2 saturated heterocycles. The molecule has 1 unspecified atom stereocenters. The topological polar surface area (TPSA) is 84.9 Å². The highest BCUT2D eigenvalue weighted by molar-refractivity contribution is 7.11. The van der Waals surface area contributed by atoms with Crippen molar-refractivity contribution in [1.82, 2.24) is 19.8 Å². The molecule has 0 aromatic carbocycles. The van der Waals surface area contributed by atoms with Crippen LogP contribution in [0.2, 0.25) is 0 Å². The number of carbonyl (C=O) groups is 2. The molecule has 1 atom stereocenters. The minimum absolute atomic E-state index is 0.0120. The Hall–Kier alpha value is -2.36. The zero-order chi connectivity index (χ0) is 23.2. The molecule has 0 saturated carbocycles. The van der Waals surface area contributed by atoms with Crippen molar-refractivity contribution < 1.29 is 19.1 Å². The van der Waals surface area contributed by atoms with Gasteiger partial charge in [0.2, 0.25) is 11.8 Å². The van der Waals surface area contributed by atoms with Crippen molar-refractivity contribution in [3.05, 3.63) is 45.7 Å². The Balaban J connectivity index is 1.46. The van der Waals surface area contributed by atoms with Crippen molar-refractivity contribution in [2.45, 2.75) is 45.8 Å². The number of thiazole rings is 1. The summed E-state index contributed by atoms with van der Waals surface area (Å²) in [7, 11) is 0. The van der Waals surface area contributed by atoms with Crippen LogP contribution in [-0.4, -0.2) is 77.1 Å². The summed E-state index contributed by atoms with van der Waals surface area (Å²) in [5.41, 5.74) is 1.91. The van der Waals surface area contributed by atoms with Gasteiger partial charge in [-0.2, -0.15) is 0 Å². The first-order valence-electron chi connectivity index (χ1n) is 11.5. The standard InChI is InChI=1S/C24H32N4O4S/c1-17-22(33-18(2)26-17)11-23(29)28-14-21(32-16-20-3-7-25-8-4-20)13-27(24(30)15-28)12-19-5-9-31-10-6-19/h3-4,7-8,19,21H,5-6,9-16H2,1-2H3. The number of carbonyl (C=O) groups excluding carboxylic acids is 2. The predicted octanol–water partition coefficient (Wildman–Crippen LogP) is 2.38. The minimum atomic E-state index is -0.252. The molecule has 4 rings (SSSR count). The second-order valence-corrected chi connectivity index (χ2v) is 10.1. The number of hydrogen-bond donors (Lipinski definition) is 0. The summed E-state index contributed by atoms with van der Waals surface area (Å²) in [6.45, 7) is 7.44. The highest BCUT2D eigenvalue weighted by atomic mass is 32.1. The lowest BCUT2D eigenvalue weighted by molar-refractivity contribution is -0.138. The lowest BCUT2D eigenvalue weighted by Gasteiger charge is -2.30. The van der Waals surface area contributed by atoms with Gasteiger partial charge in [0.05, 0.1) is 36.4 Å². The van der Waals surface area contributed by atoms with E-state index in [1.165, 1.54) is 0 Å². The fourth-order valence-electron chi connectivity index (χ4n) is 4.37. The van der Waals surface area contributed by atoms with E-state index in [-0.39, 0.29) is 30.9 Å². The summed E-state index contributed by atoms with van der Waals surface area (Å²) in [5.74, 6) is 0.358. The van der Waals surface area contributed by atoms with Crippen LogP contribution < -0.4 is 0 Å². The quantitative estimate of drug-likeness (QED) is 0.615. The summed E-state index contributed by atoms with van der Waals surface area (Å²) in [5, 5.41) is 0.948. The van der Waals surface area contributed by atoms with E-state index in [2.05, 4.69) is 9.97 Å². The van der Waals surface area contributed by atoms with Crippen LogP contribution in [0.1, 0.15) is 34.0 Å². The van der Waals surface area contributed by atoms with Crippen LogP contribution in [0.3, 0.4) is 0 Å². The van der Waals surface area contributed by atoms with Gasteiger partial charge in [-0.1, -0.05) is 0 Å². The van der Waals surface area contributed by atoms with Gasteiger partial charge in [0.1, 0.15) is 0 Å². The van der Waals surface area contributed by atoms with Crippen molar-refractivity contribution in [3.63, 3.8) is 0 Å². The van der Waals surface area contributed by atoms with Crippen molar-refractivity contribution in [3.8, 4) is 0 Å². The Kier molecular flexibility index (Phi) is 8.06. The van der Waals surface area contributed by atoms with Gasteiger partial charge in [-0.25, -0.2) is 4.98 Å². The van der Waals surface area contributed by atoms with Gasteiger partial charge in [-0.3, -0.25) is 14.6 Å². The van der Waals surface area contributed by atoms with E-state index in [1.54, 1.807) is 28.6 Å². The average Bonchev–Trinajstić information content (AvgIpc) is 3.04. The molecule has 8 nitrogen and oxygen atoms in total. The smallest absolute Gasteiger partial charge is 0.242 e. The van der Waals surface area contributed by atoms with Crippen LogP contribution >= 0.6 is 11.3 Å². The highest BCUT2D eigenvalue weighted by Gasteiger charge is 2.32. The molecule has 2 amide bonds. The second-order valence-electron chi connectivity index (χ2n) is 8.84. The number of pyridine rings is 1. The number of amides is 2. The van der Waals surface area contributed by atoms with Crippen molar-refractivity contribution in [2.75, 3.05) is 39.4 Å². The van der Waals surface area contributed by atoms with Crippen LogP contribution in [0.5, 0.6) is 0 Å². The third-order valence-electron chi connectivity index (χ3n) is 6.25. The summed E-state index contributed by atoms with van der Waals surface area (Å²) in [6, 6.07) is 3.83. The zero-order valence-electron chi connectivity index (χ0n) is 19.4. The van der Waals surface area contributed by atoms with Crippen LogP contribution in [0, 0.1) is 19.8 Å². The Labute approximate surface area is 198 Å². The summed E-state index contributed by atoms with van der Waals surface area (Å²) >= 11 is 1.54. The Morgan fingerprint density at radius 2 is 1.97 bits per heavy atom. The van der Waals surface area contributed by atoms with Gasteiger partial charge >= 0.3 is 0 Å². The number of aryl methyl sites for hydroxylation is 2. The van der Waals surface area contributed by atoms with E-state index in [1.807, 2.05) is 30.9 Å². The Morgan fingerprint density at radius 1 is 1.21 bits per heavy atom. The first-order chi connectivity index (χ1) is 16.0. The fourth-order valence-corrected chi connectivity index (χ4v) is 5.30. The maximum atomic E-state index is 13.2. The summed E-state index contributed by atoms with van der Waals surface area (Å²) in [6.07, 6.45) is 5.40. The Morgan fingerprint density at radius 3 is 2.67 bits per heavy atom. The molecule has 0 radical (unpaired) electrons. The fraction of sp³-hybridized carbons (Fsp3) is 0.583. The van der Waals surface area contributed by atoms with Crippen molar-refractivity contribution >= 4 is 23.2 Å². The normalized spacial score (nSPS) is 20.2. The SMILES string of the molecule is Cc1nc(C)c(CC(=O)N2CC(=O)N(CC3CCOCC3)CC(OCc3ccncc3)C2)s1. The van der Waals surface area contributed by atoms with Crippen molar-refractivity contribution in [1.29, 1.82) is 0 Å². The number of nitrogens with zero attached hydrogens (tertiary/aromatic N) is 4. The van der Waals surface area contributed by atoms with E-state index in [0.29, 0.717) is 32.2 Å². The maximum Gasteiger partial charge on any atom is 0.242 e. The first-order valence-corrected chi connectivity index (χ1v) is 12.4. The van der Waals surface area contributed by atoms with Crippen molar-refractivity contribution in [2.24, 2.45) is 5.92 Å². The number of ether oxygens (including phenoxy) is 2. The lowest BCUT2D eigenvalue weighted by atomic mass is 9.99. The van der Waals surface area contributed by atoms with E-state index in [0.717, 1.165) is 47.2 Å². The molecule has 2 aromatic rings.